The van der Waals surface area contributed by atoms with Crippen LogP contribution < -0.4 is 24.3 Å². The first-order chi connectivity index (χ1) is 26.4. The number of likely N-dealkylation sites (N-methyl/N-ethyl adjacent to an activating group) is 1. The number of aromatic nitrogens is 1. The highest BCUT2D eigenvalue weighted by atomic mass is 32.2. The lowest BCUT2D eigenvalue weighted by Gasteiger charge is -2.60. The average molecular weight is 767 g/mol. The van der Waals surface area contributed by atoms with Gasteiger partial charge in [-0.05, 0) is 75.5 Å². The standard InChI is InChI=1S/C42H46N4O8S/c1-18-10-23-12-24-14-46-29-15-51-21(4)42(41-27(11-19(2)44-42)26-13-25(48)8-9-28(26)43-41)16-55-40(34(46)33(45(24)6)30(23)35(49)36(18)50-7)32-31(29)39-38(52-17-53-39)20(3)37(32)54-22(5)47/h8-10,13,19,24,29,33-34,40,43-44,48-49H,4,11-12,14-17H2,1-3,5-7H3/t19?,24-,29+,33?,34?,40-,42+/m1/s1. The minimum absolute atomic E-state index is 0.0610. The molecule has 11 rings (SSSR count). The topological polar surface area (TPSA) is 138 Å². The molecule has 2 fully saturated rings. The number of nitrogens with one attached hydrogen (secondary N) is 2. The van der Waals surface area contributed by atoms with Crippen molar-refractivity contribution >= 4 is 28.6 Å². The number of rotatable bonds is 2. The van der Waals surface area contributed by atoms with Crippen LogP contribution in [-0.2, 0) is 27.9 Å². The van der Waals surface area contributed by atoms with Crippen molar-refractivity contribution in [3.05, 3.63) is 81.2 Å². The molecule has 0 amide bonds. The van der Waals surface area contributed by atoms with E-state index in [4.69, 9.17) is 23.7 Å². The minimum Gasteiger partial charge on any atom is -0.508 e. The lowest BCUT2D eigenvalue weighted by atomic mass is 9.73. The Hall–Kier alpha value is -4.56. The largest absolute Gasteiger partial charge is 0.508 e. The second-order valence-electron chi connectivity index (χ2n) is 16.1. The van der Waals surface area contributed by atoms with Crippen molar-refractivity contribution in [1.29, 1.82) is 0 Å². The maximum atomic E-state index is 13.0. The van der Waals surface area contributed by atoms with Gasteiger partial charge in [0.15, 0.2) is 23.0 Å². The van der Waals surface area contributed by atoms with Gasteiger partial charge >= 0.3 is 5.97 Å². The number of H-pyrrole nitrogens is 1. The second kappa shape index (κ2) is 12.2. The number of fused-ring (bicyclic) bond motifs is 11. The molecule has 8 heterocycles. The van der Waals surface area contributed by atoms with Crippen LogP contribution in [0.1, 0.15) is 75.8 Å². The maximum absolute atomic E-state index is 13.0. The summed E-state index contributed by atoms with van der Waals surface area (Å²) in [6, 6.07) is 7.05. The molecule has 4 aromatic rings. The van der Waals surface area contributed by atoms with Crippen LogP contribution >= 0.6 is 11.8 Å². The Balaban J connectivity index is 1.23. The fourth-order valence-corrected chi connectivity index (χ4v) is 12.5. The highest BCUT2D eigenvalue weighted by Crippen LogP contribution is 2.64. The minimum atomic E-state index is -0.836. The van der Waals surface area contributed by atoms with Crippen molar-refractivity contribution in [3.8, 4) is 34.5 Å². The lowest BCUT2D eigenvalue weighted by Crippen LogP contribution is -2.65. The van der Waals surface area contributed by atoms with Crippen molar-refractivity contribution in [2.24, 2.45) is 0 Å². The summed E-state index contributed by atoms with van der Waals surface area (Å²) < 4.78 is 31.5. The SMILES string of the molecule is C=C1OC[C@H]2c3c4c(c(C)c(OC(C)=O)c3[C@@H](SC[C@]13NC(C)Cc1c3[nH]c3ccc(O)cc13)C1C3c5c(cc(C)c(OC)c5O)C[C@H](CN12)N3C)OCO4. The van der Waals surface area contributed by atoms with E-state index >= 15 is 0 Å². The van der Waals surface area contributed by atoms with Crippen LogP contribution in [0.25, 0.3) is 10.9 Å². The molecular formula is C42H46N4O8S. The number of carbonyl (C=O) groups is 1. The molecule has 288 valence electrons. The molecule has 2 saturated heterocycles. The number of hydrogen-bond donors (Lipinski definition) is 4. The lowest BCUT2D eigenvalue weighted by molar-refractivity contribution is -0.132. The number of nitrogens with zero attached hydrogens (tertiary/aromatic N) is 2. The van der Waals surface area contributed by atoms with E-state index in [-0.39, 0.29) is 60.4 Å². The second-order valence-corrected chi connectivity index (χ2v) is 17.2. The zero-order chi connectivity index (χ0) is 38.2. The van der Waals surface area contributed by atoms with E-state index in [2.05, 4.69) is 46.7 Å². The van der Waals surface area contributed by atoms with E-state index in [9.17, 15) is 15.0 Å². The molecule has 1 spiro atoms. The van der Waals surface area contributed by atoms with E-state index in [1.165, 1.54) is 6.92 Å². The van der Waals surface area contributed by atoms with Crippen LogP contribution in [0.2, 0.25) is 0 Å². The van der Waals surface area contributed by atoms with Gasteiger partial charge in [0.1, 0.15) is 29.4 Å². The number of thioether (sulfide) groups is 1. The van der Waals surface area contributed by atoms with E-state index in [0.717, 1.165) is 69.4 Å². The number of aryl methyl sites for hydroxylation is 1. The Morgan fingerprint density at radius 1 is 1.07 bits per heavy atom. The Morgan fingerprint density at radius 2 is 1.87 bits per heavy atom. The first-order valence-electron chi connectivity index (χ1n) is 19.0. The summed E-state index contributed by atoms with van der Waals surface area (Å²) in [5.41, 5.74) is 7.61. The molecule has 55 heavy (non-hydrogen) atoms. The highest BCUT2D eigenvalue weighted by molar-refractivity contribution is 7.99. The van der Waals surface area contributed by atoms with Crippen LogP contribution in [0.15, 0.2) is 36.6 Å². The molecule has 1 aromatic heterocycles. The molecule has 0 aliphatic carbocycles. The smallest absolute Gasteiger partial charge is 0.308 e. The summed E-state index contributed by atoms with van der Waals surface area (Å²) in [4.78, 5) is 21.7. The van der Waals surface area contributed by atoms with E-state index in [0.29, 0.717) is 40.1 Å². The predicted octanol–water partition coefficient (Wildman–Crippen LogP) is 5.94. The summed E-state index contributed by atoms with van der Waals surface area (Å²) in [7, 11) is 3.76. The van der Waals surface area contributed by atoms with Gasteiger partial charge in [0.05, 0.1) is 24.4 Å². The normalized spacial score (nSPS) is 29.3. The molecule has 7 atom stereocenters. The molecule has 0 saturated carbocycles. The van der Waals surface area contributed by atoms with E-state index in [1.54, 1.807) is 24.9 Å². The van der Waals surface area contributed by atoms with E-state index in [1.807, 2.05) is 26.0 Å². The van der Waals surface area contributed by atoms with Crippen LogP contribution in [0.3, 0.4) is 0 Å². The zero-order valence-electron chi connectivity index (χ0n) is 31.9. The molecule has 7 aliphatic rings. The molecule has 0 radical (unpaired) electrons. The number of phenolic OH excluding ortho intramolecular Hbond substituents is 2. The van der Waals surface area contributed by atoms with Crippen molar-refractivity contribution in [1.82, 2.24) is 20.1 Å². The number of aromatic amines is 1. The Labute approximate surface area is 323 Å². The van der Waals surface area contributed by atoms with Crippen molar-refractivity contribution < 1.29 is 38.7 Å². The Bertz CT molecular complexity index is 2340. The number of methoxy groups -OCH3 is 1. The summed E-state index contributed by atoms with van der Waals surface area (Å²) in [6.07, 6.45) is 1.53. The number of benzene rings is 3. The third-order valence-electron chi connectivity index (χ3n) is 13.0. The van der Waals surface area contributed by atoms with Gasteiger partial charge in [-0.3, -0.25) is 19.9 Å². The van der Waals surface area contributed by atoms with Crippen LogP contribution in [0.5, 0.6) is 34.5 Å². The fourth-order valence-electron chi connectivity index (χ4n) is 10.8. The van der Waals surface area contributed by atoms with E-state index < -0.39 is 11.5 Å². The first kappa shape index (κ1) is 34.9. The summed E-state index contributed by atoms with van der Waals surface area (Å²) in [5, 5.41) is 27.2. The number of ether oxygens (including phenoxy) is 5. The molecule has 4 N–H and O–H groups in total. The molecule has 12 nitrogen and oxygen atoms in total. The van der Waals surface area contributed by atoms with Crippen LogP contribution in [0, 0.1) is 13.8 Å². The number of phenols is 2. The first-order valence-corrected chi connectivity index (χ1v) is 20.0. The van der Waals surface area contributed by atoms with Gasteiger partial charge in [-0.2, -0.15) is 0 Å². The van der Waals surface area contributed by atoms with Crippen LogP contribution in [-0.4, -0.2) is 88.9 Å². The predicted molar refractivity (Wildman–Crippen MR) is 207 cm³/mol. The third-order valence-corrected chi connectivity index (χ3v) is 14.5. The zero-order valence-corrected chi connectivity index (χ0v) is 32.7. The average Bonchev–Trinajstić information content (AvgIpc) is 3.77. The number of aromatic hydroxyl groups is 2. The Morgan fingerprint density at radius 3 is 2.65 bits per heavy atom. The fraction of sp³-hybridized carbons (Fsp3) is 0.452. The van der Waals surface area contributed by atoms with Gasteiger partial charge in [0.25, 0.3) is 0 Å². The molecule has 3 aromatic carbocycles. The maximum Gasteiger partial charge on any atom is 0.308 e. The molecule has 13 heteroatoms. The monoisotopic (exact) mass is 766 g/mol. The Kier molecular flexibility index (Phi) is 7.75. The number of carbonyl (C=O) groups excluding carboxylic acids is 1. The van der Waals surface area contributed by atoms with Gasteiger partial charge in [0.2, 0.25) is 6.79 Å². The van der Waals surface area contributed by atoms with Gasteiger partial charge in [-0.25, -0.2) is 0 Å². The van der Waals surface area contributed by atoms with Crippen molar-refractivity contribution in [2.75, 3.05) is 39.9 Å². The molecular weight excluding hydrogens is 721 g/mol. The molecule has 4 bridgehead atoms. The summed E-state index contributed by atoms with van der Waals surface area (Å²) >= 11 is 1.77. The highest BCUT2D eigenvalue weighted by Gasteiger charge is 2.58. The van der Waals surface area contributed by atoms with Gasteiger partial charge in [0, 0.05) is 76.2 Å². The number of piperazine rings is 1. The van der Waals surface area contributed by atoms with Crippen molar-refractivity contribution in [3.63, 3.8) is 0 Å². The summed E-state index contributed by atoms with van der Waals surface area (Å²) in [5.74, 6) is 3.29. The number of esters is 1. The summed E-state index contributed by atoms with van der Waals surface area (Å²) in [6.45, 7) is 13.2. The van der Waals surface area contributed by atoms with Gasteiger partial charge < -0.3 is 38.9 Å². The third kappa shape index (κ3) is 4.79. The van der Waals surface area contributed by atoms with Crippen molar-refractivity contribution in [2.45, 2.75) is 81.5 Å². The van der Waals surface area contributed by atoms with Crippen LogP contribution in [0.4, 0.5) is 0 Å². The molecule has 3 unspecified atom stereocenters. The molecule has 7 aliphatic heterocycles. The quantitative estimate of drug-likeness (QED) is 0.142. The van der Waals surface area contributed by atoms with Gasteiger partial charge in [-0.1, -0.05) is 12.6 Å². The number of hydrogen-bond acceptors (Lipinski definition) is 12. The van der Waals surface area contributed by atoms with Gasteiger partial charge in [-0.15, -0.1) is 11.8 Å².